The number of hydrogen-bond acceptors (Lipinski definition) is 5. The van der Waals surface area contributed by atoms with Crippen molar-refractivity contribution in [2.45, 2.75) is 44.8 Å². The van der Waals surface area contributed by atoms with Crippen molar-refractivity contribution in [2.75, 3.05) is 11.1 Å². The standard InChI is InChI=1S/C15H19N3O2/c1-10(19)20-13-5-3-12(4-6-13)18-15-7-2-11(9-16)8-14(15)17/h2,7-8,12-13,18H,3-6,17H2,1H3. The van der Waals surface area contributed by atoms with Gasteiger partial charge in [0.1, 0.15) is 6.10 Å². The minimum absolute atomic E-state index is 0.0452. The number of anilines is 2. The molecule has 0 spiro atoms. The lowest BCUT2D eigenvalue weighted by Crippen LogP contribution is -2.30. The van der Waals surface area contributed by atoms with E-state index in [1.165, 1.54) is 6.92 Å². The Morgan fingerprint density at radius 3 is 2.65 bits per heavy atom. The molecule has 0 amide bonds. The van der Waals surface area contributed by atoms with Gasteiger partial charge in [-0.15, -0.1) is 0 Å². The Morgan fingerprint density at radius 1 is 1.40 bits per heavy atom. The molecule has 1 aromatic rings. The molecule has 1 saturated carbocycles. The van der Waals surface area contributed by atoms with Gasteiger partial charge in [-0.2, -0.15) is 5.26 Å². The third-order valence-corrected chi connectivity index (χ3v) is 3.55. The molecule has 0 heterocycles. The van der Waals surface area contributed by atoms with E-state index in [1.807, 2.05) is 6.07 Å². The van der Waals surface area contributed by atoms with Crippen molar-refractivity contribution in [3.8, 4) is 6.07 Å². The molecule has 0 aliphatic heterocycles. The van der Waals surface area contributed by atoms with Crippen molar-refractivity contribution >= 4 is 17.3 Å². The molecule has 0 atom stereocenters. The van der Waals surface area contributed by atoms with Crippen LogP contribution in [0.1, 0.15) is 38.2 Å². The SMILES string of the molecule is CC(=O)OC1CCC(Nc2ccc(C#N)cc2N)CC1. The van der Waals surface area contributed by atoms with E-state index in [9.17, 15) is 4.79 Å². The largest absolute Gasteiger partial charge is 0.463 e. The van der Waals surface area contributed by atoms with Gasteiger partial charge in [-0.05, 0) is 43.9 Å². The van der Waals surface area contributed by atoms with E-state index in [0.29, 0.717) is 17.3 Å². The van der Waals surface area contributed by atoms with Gasteiger partial charge in [-0.25, -0.2) is 0 Å². The molecule has 2 rings (SSSR count). The lowest BCUT2D eigenvalue weighted by atomic mass is 9.92. The van der Waals surface area contributed by atoms with Crippen LogP contribution in [0, 0.1) is 11.3 Å². The van der Waals surface area contributed by atoms with E-state index in [4.69, 9.17) is 15.7 Å². The van der Waals surface area contributed by atoms with Gasteiger partial charge in [0.25, 0.3) is 0 Å². The summed E-state index contributed by atoms with van der Waals surface area (Å²) in [7, 11) is 0. The Hall–Kier alpha value is -2.22. The van der Waals surface area contributed by atoms with Crippen LogP contribution in [0.5, 0.6) is 0 Å². The highest BCUT2D eigenvalue weighted by molar-refractivity contribution is 5.68. The van der Waals surface area contributed by atoms with Gasteiger partial charge >= 0.3 is 5.97 Å². The fourth-order valence-corrected chi connectivity index (χ4v) is 2.54. The summed E-state index contributed by atoms with van der Waals surface area (Å²) in [6, 6.07) is 7.66. The molecular formula is C15H19N3O2. The molecule has 0 saturated heterocycles. The van der Waals surface area contributed by atoms with Crippen molar-refractivity contribution < 1.29 is 9.53 Å². The quantitative estimate of drug-likeness (QED) is 0.652. The van der Waals surface area contributed by atoms with Crippen molar-refractivity contribution in [2.24, 2.45) is 0 Å². The zero-order chi connectivity index (χ0) is 14.5. The van der Waals surface area contributed by atoms with Crippen LogP contribution in [-0.4, -0.2) is 18.1 Å². The number of nitrogens with two attached hydrogens (primary N) is 1. The number of ether oxygens (including phenoxy) is 1. The monoisotopic (exact) mass is 273 g/mol. The molecule has 5 nitrogen and oxygen atoms in total. The van der Waals surface area contributed by atoms with Crippen LogP contribution in [0.4, 0.5) is 11.4 Å². The van der Waals surface area contributed by atoms with Gasteiger partial charge in [0.15, 0.2) is 0 Å². The van der Waals surface area contributed by atoms with Crippen LogP contribution < -0.4 is 11.1 Å². The molecule has 5 heteroatoms. The van der Waals surface area contributed by atoms with E-state index < -0.39 is 0 Å². The van der Waals surface area contributed by atoms with Crippen LogP contribution in [-0.2, 0) is 9.53 Å². The Kier molecular flexibility index (Phi) is 4.46. The number of nitrogens with one attached hydrogen (secondary N) is 1. The highest BCUT2D eigenvalue weighted by Crippen LogP contribution is 2.27. The molecule has 0 radical (unpaired) electrons. The van der Waals surface area contributed by atoms with Crippen LogP contribution in [0.2, 0.25) is 0 Å². The van der Waals surface area contributed by atoms with E-state index in [1.54, 1.807) is 12.1 Å². The summed E-state index contributed by atoms with van der Waals surface area (Å²) in [5, 5.41) is 12.2. The van der Waals surface area contributed by atoms with Gasteiger partial charge in [0.2, 0.25) is 0 Å². The van der Waals surface area contributed by atoms with Crippen molar-refractivity contribution in [1.82, 2.24) is 0 Å². The number of esters is 1. The molecule has 0 aromatic heterocycles. The summed E-state index contributed by atoms with van der Waals surface area (Å²) >= 11 is 0. The van der Waals surface area contributed by atoms with Gasteiger partial charge < -0.3 is 15.8 Å². The smallest absolute Gasteiger partial charge is 0.302 e. The maximum Gasteiger partial charge on any atom is 0.302 e. The fraction of sp³-hybridized carbons (Fsp3) is 0.467. The Balaban J connectivity index is 1.90. The molecule has 106 valence electrons. The number of nitrogens with zero attached hydrogens (tertiary/aromatic N) is 1. The summed E-state index contributed by atoms with van der Waals surface area (Å²) in [6.45, 7) is 1.45. The van der Waals surface area contributed by atoms with Gasteiger partial charge in [0, 0.05) is 13.0 Å². The third-order valence-electron chi connectivity index (χ3n) is 3.55. The number of rotatable bonds is 3. The van der Waals surface area contributed by atoms with E-state index in [-0.39, 0.29) is 12.1 Å². The third kappa shape index (κ3) is 3.64. The summed E-state index contributed by atoms with van der Waals surface area (Å²) in [5.41, 5.74) is 7.94. The first-order valence-electron chi connectivity index (χ1n) is 6.82. The van der Waals surface area contributed by atoms with Gasteiger partial charge in [-0.3, -0.25) is 4.79 Å². The minimum Gasteiger partial charge on any atom is -0.463 e. The summed E-state index contributed by atoms with van der Waals surface area (Å²) < 4.78 is 5.22. The fourth-order valence-electron chi connectivity index (χ4n) is 2.54. The number of nitrogen functional groups attached to an aromatic ring is 1. The maximum atomic E-state index is 10.9. The number of carbonyl (C=O) groups is 1. The Bertz CT molecular complexity index is 528. The second-order valence-electron chi connectivity index (χ2n) is 5.14. The zero-order valence-electron chi connectivity index (χ0n) is 11.6. The van der Waals surface area contributed by atoms with Crippen LogP contribution in [0.3, 0.4) is 0 Å². The lowest BCUT2D eigenvalue weighted by molar-refractivity contribution is -0.147. The highest BCUT2D eigenvalue weighted by atomic mass is 16.5. The van der Waals surface area contributed by atoms with Gasteiger partial charge in [0.05, 0.1) is 23.0 Å². The van der Waals surface area contributed by atoms with Gasteiger partial charge in [-0.1, -0.05) is 0 Å². The maximum absolute atomic E-state index is 10.9. The van der Waals surface area contributed by atoms with E-state index in [0.717, 1.165) is 31.4 Å². The van der Waals surface area contributed by atoms with Crippen molar-refractivity contribution in [3.05, 3.63) is 23.8 Å². The Labute approximate surface area is 118 Å². The van der Waals surface area contributed by atoms with Crippen molar-refractivity contribution in [3.63, 3.8) is 0 Å². The normalized spacial score (nSPS) is 21.8. The highest BCUT2D eigenvalue weighted by Gasteiger charge is 2.23. The first-order valence-corrected chi connectivity index (χ1v) is 6.82. The molecule has 0 unspecified atom stereocenters. The summed E-state index contributed by atoms with van der Waals surface area (Å²) in [6.07, 6.45) is 3.67. The predicted molar refractivity (Wildman–Crippen MR) is 77.0 cm³/mol. The first-order chi connectivity index (χ1) is 9.58. The van der Waals surface area contributed by atoms with Crippen LogP contribution in [0.15, 0.2) is 18.2 Å². The molecule has 20 heavy (non-hydrogen) atoms. The summed E-state index contributed by atoms with van der Waals surface area (Å²) in [4.78, 5) is 10.9. The topological polar surface area (TPSA) is 88.1 Å². The first kappa shape index (κ1) is 14.2. The number of nitriles is 1. The molecule has 3 N–H and O–H groups in total. The second kappa shape index (κ2) is 6.29. The molecule has 1 aromatic carbocycles. The zero-order valence-corrected chi connectivity index (χ0v) is 11.6. The molecule has 1 fully saturated rings. The number of carbonyl (C=O) groups excluding carboxylic acids is 1. The number of hydrogen-bond donors (Lipinski definition) is 2. The van der Waals surface area contributed by atoms with Crippen LogP contribution >= 0.6 is 0 Å². The minimum atomic E-state index is -0.210. The lowest BCUT2D eigenvalue weighted by Gasteiger charge is -2.29. The molecular weight excluding hydrogens is 254 g/mol. The van der Waals surface area contributed by atoms with Crippen molar-refractivity contribution in [1.29, 1.82) is 5.26 Å². The molecule has 0 bridgehead atoms. The van der Waals surface area contributed by atoms with E-state index >= 15 is 0 Å². The Morgan fingerprint density at radius 2 is 2.10 bits per heavy atom. The van der Waals surface area contributed by atoms with E-state index in [2.05, 4.69) is 11.4 Å². The molecule has 1 aliphatic carbocycles. The summed E-state index contributed by atoms with van der Waals surface area (Å²) in [5.74, 6) is -0.210. The predicted octanol–water partition coefficient (Wildman–Crippen LogP) is 2.43. The molecule has 1 aliphatic rings. The second-order valence-corrected chi connectivity index (χ2v) is 5.14. The number of benzene rings is 1. The van der Waals surface area contributed by atoms with Crippen LogP contribution in [0.25, 0.3) is 0 Å². The average molecular weight is 273 g/mol. The average Bonchev–Trinajstić information content (AvgIpc) is 2.42.